The zero-order valence-corrected chi connectivity index (χ0v) is 12.9. The van der Waals surface area contributed by atoms with Crippen LogP contribution >= 0.6 is 0 Å². The van der Waals surface area contributed by atoms with E-state index in [4.69, 9.17) is 0 Å². The number of carboxylic acid groups (broad SMARTS) is 1. The maximum absolute atomic E-state index is 12.8. The van der Waals surface area contributed by atoms with Crippen LogP contribution in [0.5, 0.6) is 0 Å². The summed E-state index contributed by atoms with van der Waals surface area (Å²) in [4.78, 5) is 25.9. The van der Waals surface area contributed by atoms with Gasteiger partial charge in [0.15, 0.2) is 0 Å². The Morgan fingerprint density at radius 3 is 2.43 bits per heavy atom. The number of carbonyl (C=O) groups is 2. The summed E-state index contributed by atoms with van der Waals surface area (Å²) in [6.07, 6.45) is 4.78. The number of amides is 1. The third-order valence-electron chi connectivity index (χ3n) is 5.36. The molecule has 0 aromatic carbocycles. The van der Waals surface area contributed by atoms with Gasteiger partial charge in [0.2, 0.25) is 5.91 Å². The molecular weight excluding hydrogens is 268 g/mol. The van der Waals surface area contributed by atoms with Crippen LogP contribution in [-0.2, 0) is 9.59 Å². The Morgan fingerprint density at radius 2 is 1.90 bits per heavy atom. The van der Waals surface area contributed by atoms with Crippen LogP contribution in [0.2, 0.25) is 0 Å². The van der Waals surface area contributed by atoms with E-state index in [0.717, 1.165) is 25.7 Å². The molecule has 0 aromatic heterocycles. The van der Waals surface area contributed by atoms with Gasteiger partial charge in [-0.3, -0.25) is 9.59 Å². The molecule has 21 heavy (non-hydrogen) atoms. The average molecular weight is 292 g/mol. The SMILES string of the molecule is CC(C)(C(=O)O)[C@H]1CCCN(C(=O)C2(C#N)CCCC2)C1. The highest BCUT2D eigenvalue weighted by Crippen LogP contribution is 2.41. The highest BCUT2D eigenvalue weighted by Gasteiger charge is 2.47. The molecule has 0 spiro atoms. The molecule has 0 radical (unpaired) electrons. The van der Waals surface area contributed by atoms with Gasteiger partial charge in [-0.15, -0.1) is 0 Å². The minimum Gasteiger partial charge on any atom is -0.481 e. The Balaban J connectivity index is 2.13. The topological polar surface area (TPSA) is 81.4 Å². The molecule has 1 aliphatic carbocycles. The monoisotopic (exact) mass is 292 g/mol. The number of piperidine rings is 1. The number of likely N-dealkylation sites (tertiary alicyclic amines) is 1. The summed E-state index contributed by atoms with van der Waals surface area (Å²) < 4.78 is 0. The molecule has 1 saturated heterocycles. The van der Waals surface area contributed by atoms with Crippen molar-refractivity contribution >= 4 is 11.9 Å². The zero-order valence-electron chi connectivity index (χ0n) is 12.9. The van der Waals surface area contributed by atoms with E-state index in [0.29, 0.717) is 25.9 Å². The Bertz CT molecular complexity index is 472. The summed E-state index contributed by atoms with van der Waals surface area (Å²) in [7, 11) is 0. The van der Waals surface area contributed by atoms with E-state index < -0.39 is 16.8 Å². The molecular formula is C16H24N2O3. The molecule has 1 saturated carbocycles. The van der Waals surface area contributed by atoms with Crippen LogP contribution < -0.4 is 0 Å². The number of carbonyl (C=O) groups excluding carboxylic acids is 1. The van der Waals surface area contributed by atoms with Crippen molar-refractivity contribution < 1.29 is 14.7 Å². The summed E-state index contributed by atoms with van der Waals surface area (Å²) in [6.45, 7) is 4.56. The molecule has 5 heteroatoms. The maximum Gasteiger partial charge on any atom is 0.309 e. The van der Waals surface area contributed by atoms with Crippen molar-refractivity contribution in [2.45, 2.75) is 52.4 Å². The standard InChI is InChI=1S/C16H24N2O3/c1-15(2,14(20)21)12-6-5-9-18(10-12)13(19)16(11-17)7-3-4-8-16/h12H,3-10H2,1-2H3,(H,20,21)/t12-/m0/s1. The van der Waals surface area contributed by atoms with E-state index in [1.807, 2.05) is 0 Å². The van der Waals surface area contributed by atoms with Gasteiger partial charge in [0, 0.05) is 13.1 Å². The number of rotatable bonds is 3. The quantitative estimate of drug-likeness (QED) is 0.866. The number of hydrogen-bond acceptors (Lipinski definition) is 3. The average Bonchev–Trinajstić information content (AvgIpc) is 2.96. The van der Waals surface area contributed by atoms with E-state index in [1.54, 1.807) is 18.7 Å². The number of nitriles is 1. The van der Waals surface area contributed by atoms with Crippen LogP contribution in [0.1, 0.15) is 52.4 Å². The lowest BCUT2D eigenvalue weighted by molar-refractivity contribution is -0.154. The number of carboxylic acids is 1. The van der Waals surface area contributed by atoms with Gasteiger partial charge >= 0.3 is 5.97 Å². The highest BCUT2D eigenvalue weighted by molar-refractivity contribution is 5.86. The van der Waals surface area contributed by atoms with Crippen molar-refractivity contribution in [3.63, 3.8) is 0 Å². The molecule has 1 heterocycles. The van der Waals surface area contributed by atoms with Crippen molar-refractivity contribution in [2.24, 2.45) is 16.7 Å². The summed E-state index contributed by atoms with van der Waals surface area (Å²) in [5.74, 6) is -0.948. The highest BCUT2D eigenvalue weighted by atomic mass is 16.4. The summed E-state index contributed by atoms with van der Waals surface area (Å²) in [5, 5.41) is 18.8. The molecule has 116 valence electrons. The second-order valence-corrected chi connectivity index (χ2v) is 7.02. The van der Waals surface area contributed by atoms with Gasteiger partial charge in [0.1, 0.15) is 5.41 Å². The van der Waals surface area contributed by atoms with Crippen molar-refractivity contribution in [2.75, 3.05) is 13.1 Å². The van der Waals surface area contributed by atoms with Crippen molar-refractivity contribution in [3.8, 4) is 6.07 Å². The van der Waals surface area contributed by atoms with Crippen molar-refractivity contribution in [1.29, 1.82) is 5.26 Å². The molecule has 0 aromatic rings. The first kappa shape index (κ1) is 15.8. The van der Waals surface area contributed by atoms with Gasteiger partial charge in [-0.25, -0.2) is 0 Å². The van der Waals surface area contributed by atoms with Gasteiger partial charge in [0.05, 0.1) is 11.5 Å². The van der Waals surface area contributed by atoms with E-state index in [9.17, 15) is 20.0 Å². The van der Waals surface area contributed by atoms with Crippen LogP contribution in [0.3, 0.4) is 0 Å². The first-order valence-corrected chi connectivity index (χ1v) is 7.77. The van der Waals surface area contributed by atoms with Gasteiger partial charge in [-0.05, 0) is 45.4 Å². The first-order valence-electron chi connectivity index (χ1n) is 7.77. The van der Waals surface area contributed by atoms with Crippen LogP contribution in [0.15, 0.2) is 0 Å². The predicted molar refractivity (Wildman–Crippen MR) is 77.2 cm³/mol. The smallest absolute Gasteiger partial charge is 0.309 e. The van der Waals surface area contributed by atoms with Crippen LogP contribution in [-0.4, -0.2) is 35.0 Å². The first-order chi connectivity index (χ1) is 9.83. The molecule has 1 N–H and O–H groups in total. The summed E-state index contributed by atoms with van der Waals surface area (Å²) in [6, 6.07) is 2.24. The van der Waals surface area contributed by atoms with Crippen LogP contribution in [0.25, 0.3) is 0 Å². The normalized spacial score (nSPS) is 25.4. The summed E-state index contributed by atoms with van der Waals surface area (Å²) in [5.41, 5.74) is -1.69. The third kappa shape index (κ3) is 2.76. The van der Waals surface area contributed by atoms with Crippen molar-refractivity contribution in [3.05, 3.63) is 0 Å². The second kappa shape index (κ2) is 5.67. The fourth-order valence-electron chi connectivity index (χ4n) is 3.58. The third-order valence-corrected chi connectivity index (χ3v) is 5.36. The van der Waals surface area contributed by atoms with E-state index in [1.165, 1.54) is 0 Å². The Morgan fingerprint density at radius 1 is 1.29 bits per heavy atom. The molecule has 2 fully saturated rings. The van der Waals surface area contributed by atoms with Gasteiger partial charge in [-0.1, -0.05) is 12.8 Å². The molecule has 1 atom stereocenters. The fourth-order valence-corrected chi connectivity index (χ4v) is 3.58. The Labute approximate surface area is 125 Å². The van der Waals surface area contributed by atoms with Gasteiger partial charge in [0.25, 0.3) is 0 Å². The molecule has 0 unspecified atom stereocenters. The Hall–Kier alpha value is -1.57. The molecule has 5 nitrogen and oxygen atoms in total. The maximum atomic E-state index is 12.8. The number of aliphatic carboxylic acids is 1. The number of hydrogen-bond donors (Lipinski definition) is 1. The van der Waals surface area contributed by atoms with Crippen molar-refractivity contribution in [1.82, 2.24) is 4.90 Å². The fraction of sp³-hybridized carbons (Fsp3) is 0.812. The minimum atomic E-state index is -0.852. The van der Waals surface area contributed by atoms with E-state index in [2.05, 4.69) is 6.07 Å². The van der Waals surface area contributed by atoms with Crippen LogP contribution in [0, 0.1) is 28.1 Å². The molecule has 2 aliphatic rings. The number of nitrogens with zero attached hydrogens (tertiary/aromatic N) is 2. The van der Waals surface area contributed by atoms with E-state index in [-0.39, 0.29) is 11.8 Å². The lowest BCUT2D eigenvalue weighted by Crippen LogP contribution is -2.50. The molecule has 1 amide bonds. The lowest BCUT2D eigenvalue weighted by Gasteiger charge is -2.41. The van der Waals surface area contributed by atoms with Crippen LogP contribution in [0.4, 0.5) is 0 Å². The lowest BCUT2D eigenvalue weighted by atomic mass is 9.74. The second-order valence-electron chi connectivity index (χ2n) is 7.02. The molecule has 2 rings (SSSR count). The molecule has 1 aliphatic heterocycles. The zero-order chi connectivity index (χ0) is 15.7. The largest absolute Gasteiger partial charge is 0.481 e. The van der Waals surface area contributed by atoms with E-state index >= 15 is 0 Å². The minimum absolute atomic E-state index is 0.0511. The Kier molecular flexibility index (Phi) is 4.27. The predicted octanol–water partition coefficient (Wildman–Crippen LogP) is 2.42. The van der Waals surface area contributed by atoms with Gasteiger partial charge < -0.3 is 10.0 Å². The molecule has 0 bridgehead atoms. The van der Waals surface area contributed by atoms with Gasteiger partial charge in [-0.2, -0.15) is 5.26 Å². The summed E-state index contributed by atoms with van der Waals surface area (Å²) >= 11 is 0.